The number of anilines is 1. The molecule has 7 nitrogen and oxygen atoms in total. The van der Waals surface area contributed by atoms with Crippen molar-refractivity contribution in [3.05, 3.63) is 23.4 Å². The molecule has 0 unspecified atom stereocenters. The molecule has 0 bridgehead atoms. The molecule has 29 heavy (non-hydrogen) atoms. The highest BCUT2D eigenvalue weighted by atomic mass is 16.5. The fourth-order valence-corrected chi connectivity index (χ4v) is 4.52. The summed E-state index contributed by atoms with van der Waals surface area (Å²) in [5, 5.41) is 3.37. The zero-order valence-corrected chi connectivity index (χ0v) is 17.7. The summed E-state index contributed by atoms with van der Waals surface area (Å²) in [6.07, 6.45) is 5.95. The van der Waals surface area contributed by atoms with Gasteiger partial charge in [0.15, 0.2) is 0 Å². The molecule has 3 heterocycles. The Labute approximate surface area is 174 Å². The fraction of sp³-hybridized carbons (Fsp3) is 0.727. The lowest BCUT2D eigenvalue weighted by Crippen LogP contribution is -2.55. The Bertz CT molecular complexity index is 686. The molecule has 4 rings (SSSR count). The molecule has 1 saturated heterocycles. The summed E-state index contributed by atoms with van der Waals surface area (Å²) in [6.45, 7) is 7.75. The van der Waals surface area contributed by atoms with Gasteiger partial charge in [-0.05, 0) is 30.9 Å². The van der Waals surface area contributed by atoms with Crippen LogP contribution >= 0.6 is 0 Å². The standard InChI is InChI=1S/C22H35N5O2/c1-29-15-3-9-23-21-7-6-18-16-25(10-8-20(18)24-21)17-22(28)27-13-11-26(12-14-27)19-4-2-5-19/h6-7,19H,2-5,8-17H2,1H3,(H,23,24). The Morgan fingerprint density at radius 1 is 1.21 bits per heavy atom. The second-order valence-electron chi connectivity index (χ2n) is 8.54. The first-order valence-corrected chi connectivity index (χ1v) is 11.2. The number of nitrogens with one attached hydrogen (secondary N) is 1. The van der Waals surface area contributed by atoms with Crippen molar-refractivity contribution in [2.45, 2.75) is 44.7 Å². The van der Waals surface area contributed by atoms with Gasteiger partial charge in [0.1, 0.15) is 5.82 Å². The van der Waals surface area contributed by atoms with E-state index in [1.165, 1.54) is 30.5 Å². The number of carbonyl (C=O) groups excluding carboxylic acids is 1. The third kappa shape index (κ3) is 5.27. The smallest absolute Gasteiger partial charge is 0.236 e. The van der Waals surface area contributed by atoms with E-state index in [2.05, 4.69) is 32.1 Å². The topological polar surface area (TPSA) is 60.9 Å². The van der Waals surface area contributed by atoms with Crippen molar-refractivity contribution < 1.29 is 9.53 Å². The van der Waals surface area contributed by atoms with Crippen molar-refractivity contribution in [3.63, 3.8) is 0 Å². The number of piperazine rings is 1. The molecule has 1 N–H and O–H groups in total. The normalized spacial score (nSPS) is 20.9. The van der Waals surface area contributed by atoms with Crippen molar-refractivity contribution in [1.82, 2.24) is 19.7 Å². The maximum atomic E-state index is 12.8. The van der Waals surface area contributed by atoms with E-state index in [1.54, 1.807) is 7.11 Å². The van der Waals surface area contributed by atoms with Gasteiger partial charge in [0.2, 0.25) is 5.91 Å². The molecule has 2 fully saturated rings. The Morgan fingerprint density at radius 3 is 2.76 bits per heavy atom. The van der Waals surface area contributed by atoms with Gasteiger partial charge in [0.25, 0.3) is 0 Å². The third-order valence-corrected chi connectivity index (χ3v) is 6.58. The maximum absolute atomic E-state index is 12.8. The van der Waals surface area contributed by atoms with E-state index >= 15 is 0 Å². The van der Waals surface area contributed by atoms with Crippen molar-refractivity contribution in [2.75, 3.05) is 64.8 Å². The Balaban J connectivity index is 1.23. The van der Waals surface area contributed by atoms with Gasteiger partial charge in [-0.3, -0.25) is 14.6 Å². The van der Waals surface area contributed by atoms with Gasteiger partial charge < -0.3 is 15.0 Å². The molecule has 0 spiro atoms. The minimum Gasteiger partial charge on any atom is -0.385 e. The minimum absolute atomic E-state index is 0.283. The molecule has 0 radical (unpaired) electrons. The highest BCUT2D eigenvalue weighted by Gasteiger charge is 2.30. The molecule has 1 aromatic rings. The first-order chi connectivity index (χ1) is 14.2. The third-order valence-electron chi connectivity index (χ3n) is 6.58. The lowest BCUT2D eigenvalue weighted by Gasteiger charge is -2.43. The summed E-state index contributed by atoms with van der Waals surface area (Å²) in [5.41, 5.74) is 2.42. The van der Waals surface area contributed by atoms with Gasteiger partial charge in [-0.1, -0.05) is 12.5 Å². The summed E-state index contributed by atoms with van der Waals surface area (Å²) in [4.78, 5) is 24.5. The Hall–Kier alpha value is -1.70. The van der Waals surface area contributed by atoms with Crippen LogP contribution in [0.25, 0.3) is 0 Å². The number of amides is 1. The SMILES string of the molecule is COCCCNc1ccc2c(n1)CCN(CC(=O)N1CCN(C3CCC3)CC1)C2. The molecule has 2 aliphatic heterocycles. The first kappa shape index (κ1) is 20.6. The number of methoxy groups -OCH3 is 1. The number of aromatic nitrogens is 1. The van der Waals surface area contributed by atoms with Crippen LogP contribution < -0.4 is 5.32 Å². The van der Waals surface area contributed by atoms with E-state index in [-0.39, 0.29) is 5.91 Å². The molecule has 1 aromatic heterocycles. The van der Waals surface area contributed by atoms with Gasteiger partial charge in [-0.25, -0.2) is 4.98 Å². The average molecular weight is 402 g/mol. The first-order valence-electron chi connectivity index (χ1n) is 11.2. The van der Waals surface area contributed by atoms with E-state index in [4.69, 9.17) is 9.72 Å². The van der Waals surface area contributed by atoms with Crippen LogP contribution in [-0.4, -0.2) is 91.2 Å². The molecule has 1 amide bonds. The molecule has 1 aliphatic carbocycles. The van der Waals surface area contributed by atoms with Crippen molar-refractivity contribution >= 4 is 11.7 Å². The molecule has 1 saturated carbocycles. The predicted octanol–water partition coefficient (Wildman–Crippen LogP) is 1.58. The number of fused-ring (bicyclic) bond motifs is 1. The van der Waals surface area contributed by atoms with Crippen molar-refractivity contribution in [2.24, 2.45) is 0 Å². The summed E-state index contributed by atoms with van der Waals surface area (Å²) in [6, 6.07) is 5.00. The zero-order valence-electron chi connectivity index (χ0n) is 17.7. The van der Waals surface area contributed by atoms with Crippen molar-refractivity contribution in [1.29, 1.82) is 0 Å². The van der Waals surface area contributed by atoms with Crippen LogP contribution in [0.15, 0.2) is 12.1 Å². The van der Waals surface area contributed by atoms with Crippen LogP contribution in [0, 0.1) is 0 Å². The molecule has 7 heteroatoms. The summed E-state index contributed by atoms with van der Waals surface area (Å²) < 4.78 is 5.08. The van der Waals surface area contributed by atoms with Crippen molar-refractivity contribution in [3.8, 4) is 0 Å². The van der Waals surface area contributed by atoms with E-state index in [9.17, 15) is 4.79 Å². The van der Waals surface area contributed by atoms with Crippen LogP contribution in [0.3, 0.4) is 0 Å². The number of rotatable bonds is 8. The number of nitrogens with zero attached hydrogens (tertiary/aromatic N) is 4. The lowest BCUT2D eigenvalue weighted by atomic mass is 9.91. The minimum atomic E-state index is 0.283. The zero-order chi connectivity index (χ0) is 20.1. The molecule has 0 atom stereocenters. The molecular weight excluding hydrogens is 366 g/mol. The summed E-state index contributed by atoms with van der Waals surface area (Å²) in [7, 11) is 1.73. The van der Waals surface area contributed by atoms with Gasteiger partial charge in [-0.15, -0.1) is 0 Å². The van der Waals surface area contributed by atoms with Gasteiger partial charge in [-0.2, -0.15) is 0 Å². The fourth-order valence-electron chi connectivity index (χ4n) is 4.52. The van der Waals surface area contributed by atoms with Crippen LogP contribution in [-0.2, 0) is 22.5 Å². The van der Waals surface area contributed by atoms with E-state index < -0.39 is 0 Å². The van der Waals surface area contributed by atoms with Crippen LogP contribution in [0.5, 0.6) is 0 Å². The van der Waals surface area contributed by atoms with Gasteiger partial charge in [0, 0.05) is 77.7 Å². The highest BCUT2D eigenvalue weighted by Crippen LogP contribution is 2.25. The van der Waals surface area contributed by atoms with E-state index in [0.29, 0.717) is 6.54 Å². The average Bonchev–Trinajstić information content (AvgIpc) is 2.70. The quantitative estimate of drug-likeness (QED) is 0.668. The van der Waals surface area contributed by atoms with Gasteiger partial charge >= 0.3 is 0 Å². The number of ether oxygens (including phenoxy) is 1. The second kappa shape index (κ2) is 9.87. The molecular formula is C22H35N5O2. The van der Waals surface area contributed by atoms with E-state index in [0.717, 1.165) is 77.1 Å². The van der Waals surface area contributed by atoms with Crippen LogP contribution in [0.4, 0.5) is 5.82 Å². The highest BCUT2D eigenvalue weighted by molar-refractivity contribution is 5.78. The Morgan fingerprint density at radius 2 is 2.03 bits per heavy atom. The second-order valence-corrected chi connectivity index (χ2v) is 8.54. The molecule has 160 valence electrons. The number of hydrogen-bond donors (Lipinski definition) is 1. The van der Waals surface area contributed by atoms with Crippen LogP contribution in [0.2, 0.25) is 0 Å². The number of pyridine rings is 1. The van der Waals surface area contributed by atoms with Gasteiger partial charge in [0.05, 0.1) is 6.54 Å². The largest absolute Gasteiger partial charge is 0.385 e. The summed E-state index contributed by atoms with van der Waals surface area (Å²) in [5.74, 6) is 1.22. The molecule has 0 aromatic carbocycles. The Kier molecular flexibility index (Phi) is 7.00. The number of hydrogen-bond acceptors (Lipinski definition) is 6. The lowest BCUT2D eigenvalue weighted by molar-refractivity contribution is -0.135. The monoisotopic (exact) mass is 401 g/mol. The number of carbonyl (C=O) groups is 1. The summed E-state index contributed by atoms with van der Waals surface area (Å²) >= 11 is 0. The molecule has 3 aliphatic rings. The van der Waals surface area contributed by atoms with Crippen LogP contribution in [0.1, 0.15) is 36.9 Å². The van der Waals surface area contributed by atoms with E-state index in [1.807, 2.05) is 0 Å². The maximum Gasteiger partial charge on any atom is 0.236 e. The predicted molar refractivity (Wildman–Crippen MR) is 114 cm³/mol.